The van der Waals surface area contributed by atoms with Crippen LogP contribution in [0.25, 0.3) is 0 Å². The van der Waals surface area contributed by atoms with E-state index in [1.807, 2.05) is 13.8 Å². The predicted molar refractivity (Wildman–Crippen MR) is 109 cm³/mol. The summed E-state index contributed by atoms with van der Waals surface area (Å²) in [4.78, 5) is 47.8. The zero-order valence-corrected chi connectivity index (χ0v) is 17.9. The van der Waals surface area contributed by atoms with Crippen LogP contribution in [0.4, 0.5) is 0 Å². The normalized spacial score (nSPS) is 10.9. The number of hydrogen-bond acceptors (Lipinski definition) is 8. The molecule has 0 aliphatic carbocycles. The van der Waals surface area contributed by atoms with Crippen LogP contribution >= 0.6 is 0 Å². The van der Waals surface area contributed by atoms with Crippen molar-refractivity contribution in [1.82, 2.24) is 0 Å². The number of carboxylic acids is 2. The van der Waals surface area contributed by atoms with Gasteiger partial charge in [-0.3, -0.25) is 0 Å². The van der Waals surface area contributed by atoms with Gasteiger partial charge in [-0.25, -0.2) is 9.59 Å². The molecule has 0 aliphatic heterocycles. The average molecular weight is 440 g/mol. The number of carboxylic acid groups (broad SMARTS) is 2. The van der Waals surface area contributed by atoms with E-state index in [-0.39, 0.29) is 35.5 Å². The Labute approximate surface area is 185 Å². The molecule has 8 heteroatoms. The van der Waals surface area contributed by atoms with Crippen molar-refractivity contribution in [3.8, 4) is 0 Å². The third kappa shape index (κ3) is 5.51. The summed E-state index contributed by atoms with van der Waals surface area (Å²) >= 11 is 0. The molecule has 0 heterocycles. The molecule has 170 valence electrons. The van der Waals surface area contributed by atoms with E-state index in [0.717, 1.165) is 0 Å². The summed E-state index contributed by atoms with van der Waals surface area (Å²) in [5, 5.41) is 23.8. The van der Waals surface area contributed by atoms with Crippen molar-refractivity contribution in [3.05, 3.63) is 70.8 Å². The number of carbonyl (C=O) groups is 4. The SMILES string of the molecule is CCCOC(=O)c1ccc(C(CC(=O)[O-])(C(=O)[O-])c2ccc(C(=O)OCCC)cc2)cc1. The van der Waals surface area contributed by atoms with Crippen LogP contribution in [0.15, 0.2) is 48.5 Å². The first-order chi connectivity index (χ1) is 15.3. The first-order valence-corrected chi connectivity index (χ1v) is 10.2. The van der Waals surface area contributed by atoms with E-state index in [1.54, 1.807) is 0 Å². The fraction of sp³-hybridized carbons (Fsp3) is 0.333. The van der Waals surface area contributed by atoms with E-state index in [9.17, 15) is 29.4 Å². The van der Waals surface area contributed by atoms with Crippen molar-refractivity contribution in [2.24, 2.45) is 0 Å². The lowest BCUT2D eigenvalue weighted by Crippen LogP contribution is -2.50. The van der Waals surface area contributed by atoms with Gasteiger partial charge in [0.05, 0.1) is 35.7 Å². The molecule has 8 nitrogen and oxygen atoms in total. The molecular weight excluding hydrogens is 416 g/mol. The number of carbonyl (C=O) groups excluding carboxylic acids is 4. The molecule has 0 N–H and O–H groups in total. The minimum atomic E-state index is -2.10. The van der Waals surface area contributed by atoms with Gasteiger partial charge in [0, 0.05) is 12.4 Å². The first kappa shape index (κ1) is 24.6. The largest absolute Gasteiger partial charge is 0.550 e. The fourth-order valence-corrected chi connectivity index (χ4v) is 3.23. The summed E-state index contributed by atoms with van der Waals surface area (Å²) < 4.78 is 10.1. The maximum absolute atomic E-state index is 12.3. The van der Waals surface area contributed by atoms with E-state index in [1.165, 1.54) is 48.5 Å². The van der Waals surface area contributed by atoms with Crippen molar-refractivity contribution in [2.75, 3.05) is 13.2 Å². The van der Waals surface area contributed by atoms with Crippen LogP contribution in [0.3, 0.4) is 0 Å². The molecule has 0 spiro atoms. The van der Waals surface area contributed by atoms with Crippen LogP contribution in [0.1, 0.15) is 65.0 Å². The zero-order chi connectivity index (χ0) is 23.7. The van der Waals surface area contributed by atoms with Gasteiger partial charge in [-0.2, -0.15) is 0 Å². The van der Waals surface area contributed by atoms with Crippen LogP contribution < -0.4 is 10.2 Å². The summed E-state index contributed by atoms with van der Waals surface area (Å²) in [6.45, 7) is 4.17. The molecule has 32 heavy (non-hydrogen) atoms. The van der Waals surface area contributed by atoms with Crippen molar-refractivity contribution in [3.63, 3.8) is 0 Å². The van der Waals surface area contributed by atoms with E-state index >= 15 is 0 Å². The Kier molecular flexibility index (Phi) is 8.52. The lowest BCUT2D eigenvalue weighted by molar-refractivity contribution is -0.321. The van der Waals surface area contributed by atoms with E-state index in [2.05, 4.69) is 0 Å². The molecule has 0 unspecified atom stereocenters. The average Bonchev–Trinajstić information content (AvgIpc) is 2.79. The van der Waals surface area contributed by atoms with Crippen molar-refractivity contribution >= 4 is 23.9 Å². The second-order valence-electron chi connectivity index (χ2n) is 7.17. The van der Waals surface area contributed by atoms with Gasteiger partial charge in [0.2, 0.25) is 0 Å². The quantitative estimate of drug-likeness (QED) is 0.473. The highest BCUT2D eigenvalue weighted by Gasteiger charge is 2.36. The van der Waals surface area contributed by atoms with Crippen LogP contribution in [-0.2, 0) is 24.5 Å². The van der Waals surface area contributed by atoms with Gasteiger partial charge < -0.3 is 29.3 Å². The molecule has 2 rings (SSSR count). The maximum atomic E-state index is 12.3. The molecule has 0 radical (unpaired) electrons. The summed E-state index contributed by atoms with van der Waals surface area (Å²) in [5.41, 5.74) is -1.56. The van der Waals surface area contributed by atoms with Gasteiger partial charge in [0.1, 0.15) is 0 Å². The van der Waals surface area contributed by atoms with Gasteiger partial charge in [-0.1, -0.05) is 38.1 Å². The standard InChI is InChI=1S/C24H26O8/c1-3-13-31-21(27)16-5-9-18(10-6-16)24(23(29)30,15-20(25)26)19-11-7-17(8-12-19)22(28)32-14-4-2/h5-12H,3-4,13-15H2,1-2H3,(H,25,26)(H,29,30)/p-2. The first-order valence-electron chi connectivity index (χ1n) is 10.2. The Morgan fingerprint density at radius 3 is 1.38 bits per heavy atom. The summed E-state index contributed by atoms with van der Waals surface area (Å²) in [6.07, 6.45) is 0.380. The summed E-state index contributed by atoms with van der Waals surface area (Å²) in [5.74, 6) is -4.42. The van der Waals surface area contributed by atoms with E-state index in [0.29, 0.717) is 12.8 Å². The number of rotatable bonds is 11. The second-order valence-corrected chi connectivity index (χ2v) is 7.17. The molecule has 0 atom stereocenters. The maximum Gasteiger partial charge on any atom is 0.338 e. The fourth-order valence-electron chi connectivity index (χ4n) is 3.23. The second kappa shape index (κ2) is 11.1. The molecule has 0 aromatic heterocycles. The molecule has 0 saturated carbocycles. The molecule has 0 amide bonds. The van der Waals surface area contributed by atoms with E-state index in [4.69, 9.17) is 9.47 Å². The number of aliphatic carboxylic acids is 2. The Balaban J connectivity index is 2.48. The number of ether oxygens (including phenoxy) is 2. The monoisotopic (exact) mass is 440 g/mol. The highest BCUT2D eigenvalue weighted by atomic mass is 16.5. The molecule has 2 aromatic carbocycles. The van der Waals surface area contributed by atoms with Crippen molar-refractivity contribution in [1.29, 1.82) is 0 Å². The summed E-state index contributed by atoms with van der Waals surface area (Å²) in [7, 11) is 0. The number of benzene rings is 2. The third-order valence-electron chi connectivity index (χ3n) is 4.86. The third-order valence-corrected chi connectivity index (χ3v) is 4.86. The smallest absolute Gasteiger partial charge is 0.338 e. The highest BCUT2D eigenvalue weighted by molar-refractivity contribution is 5.93. The lowest BCUT2D eigenvalue weighted by atomic mass is 9.71. The summed E-state index contributed by atoms with van der Waals surface area (Å²) in [6, 6.07) is 10.8. The minimum absolute atomic E-state index is 0.0788. The molecule has 0 fully saturated rings. The van der Waals surface area contributed by atoms with Crippen LogP contribution in [0.2, 0.25) is 0 Å². The van der Waals surface area contributed by atoms with Gasteiger partial charge in [-0.15, -0.1) is 0 Å². The Morgan fingerprint density at radius 1 is 0.719 bits per heavy atom. The van der Waals surface area contributed by atoms with Crippen molar-refractivity contribution in [2.45, 2.75) is 38.5 Å². The van der Waals surface area contributed by atoms with Gasteiger partial charge >= 0.3 is 11.9 Å². The number of hydrogen-bond donors (Lipinski definition) is 0. The van der Waals surface area contributed by atoms with Crippen LogP contribution in [0.5, 0.6) is 0 Å². The number of esters is 2. The molecular formula is C24H24O8-2. The Bertz CT molecular complexity index is 897. The minimum Gasteiger partial charge on any atom is -0.550 e. The molecule has 0 aliphatic rings. The predicted octanol–water partition coefficient (Wildman–Crippen LogP) is 0.996. The van der Waals surface area contributed by atoms with Crippen LogP contribution in [0, 0.1) is 0 Å². The Hall–Kier alpha value is -3.68. The Morgan fingerprint density at radius 2 is 1.09 bits per heavy atom. The molecule has 0 bridgehead atoms. The molecule has 2 aromatic rings. The highest BCUT2D eigenvalue weighted by Crippen LogP contribution is 2.36. The lowest BCUT2D eigenvalue weighted by Gasteiger charge is -2.36. The van der Waals surface area contributed by atoms with Crippen LogP contribution in [-0.4, -0.2) is 37.1 Å². The molecule has 0 saturated heterocycles. The van der Waals surface area contributed by atoms with Gasteiger partial charge in [-0.05, 0) is 48.2 Å². The van der Waals surface area contributed by atoms with Gasteiger partial charge in [0.15, 0.2) is 0 Å². The topological polar surface area (TPSA) is 133 Å². The van der Waals surface area contributed by atoms with Gasteiger partial charge in [0.25, 0.3) is 0 Å². The van der Waals surface area contributed by atoms with E-state index < -0.39 is 35.7 Å². The zero-order valence-electron chi connectivity index (χ0n) is 17.9. The van der Waals surface area contributed by atoms with Crippen molar-refractivity contribution < 1.29 is 38.9 Å².